The molecule has 8 nitrogen and oxygen atoms in total. The third-order valence-electron chi connectivity index (χ3n) is 5.09. The molecule has 1 aliphatic heterocycles. The number of nitrogens with one attached hydrogen (secondary N) is 1. The Kier molecular flexibility index (Phi) is 6.20. The van der Waals surface area contributed by atoms with Gasteiger partial charge in [-0.25, -0.2) is 4.21 Å². The summed E-state index contributed by atoms with van der Waals surface area (Å²) in [7, 11) is 0. The van der Waals surface area contributed by atoms with E-state index in [2.05, 4.69) is 15.2 Å². The van der Waals surface area contributed by atoms with E-state index in [0.29, 0.717) is 31.0 Å². The molecule has 3 heterocycles. The number of rotatable bonds is 6. The number of aromatic nitrogens is 3. The Morgan fingerprint density at radius 2 is 2.20 bits per heavy atom. The van der Waals surface area contributed by atoms with E-state index in [1.165, 1.54) is 12.1 Å². The molecule has 2 aromatic heterocycles. The van der Waals surface area contributed by atoms with Crippen LogP contribution in [0.15, 0.2) is 59.8 Å². The average molecular weight is 426 g/mol. The summed E-state index contributed by atoms with van der Waals surface area (Å²) in [5, 5.41) is 6.79. The van der Waals surface area contributed by atoms with E-state index in [-0.39, 0.29) is 16.7 Å². The maximum absolute atomic E-state index is 12.8. The third-order valence-corrected chi connectivity index (χ3v) is 5.74. The number of amides is 1. The Bertz CT molecular complexity index is 1020. The van der Waals surface area contributed by atoms with E-state index in [0.717, 1.165) is 24.2 Å². The molecule has 4 rings (SSSR count). The van der Waals surface area contributed by atoms with Crippen LogP contribution < -0.4 is 4.74 Å². The van der Waals surface area contributed by atoms with E-state index < -0.39 is 11.1 Å². The fourth-order valence-corrected chi connectivity index (χ4v) is 3.97. The van der Waals surface area contributed by atoms with Crippen LogP contribution in [-0.4, -0.2) is 54.4 Å². The number of pyridine rings is 1. The number of benzene rings is 1. The minimum atomic E-state index is -2.11. The highest BCUT2D eigenvalue weighted by Gasteiger charge is 2.25. The molecule has 9 heteroatoms. The van der Waals surface area contributed by atoms with Gasteiger partial charge in [-0.2, -0.15) is 5.10 Å². The van der Waals surface area contributed by atoms with Gasteiger partial charge in [0.2, 0.25) is 0 Å². The number of hydrogen-bond donors (Lipinski definition) is 2. The van der Waals surface area contributed by atoms with Crippen LogP contribution in [0.5, 0.6) is 5.75 Å². The molecule has 0 saturated carbocycles. The molecule has 0 radical (unpaired) electrons. The van der Waals surface area contributed by atoms with Crippen LogP contribution in [0.4, 0.5) is 0 Å². The number of hydrogen-bond acceptors (Lipinski definition) is 5. The minimum Gasteiger partial charge on any atom is -0.492 e. The van der Waals surface area contributed by atoms with E-state index in [4.69, 9.17) is 4.74 Å². The Morgan fingerprint density at radius 3 is 2.93 bits per heavy atom. The van der Waals surface area contributed by atoms with Gasteiger partial charge in [-0.1, -0.05) is 6.07 Å². The van der Waals surface area contributed by atoms with Crippen molar-refractivity contribution in [2.45, 2.75) is 17.7 Å². The van der Waals surface area contributed by atoms with Gasteiger partial charge in [-0.05, 0) is 49.2 Å². The number of carbonyl (C=O) groups is 1. The van der Waals surface area contributed by atoms with Crippen molar-refractivity contribution in [3.8, 4) is 17.1 Å². The van der Waals surface area contributed by atoms with Crippen LogP contribution in [0.2, 0.25) is 0 Å². The monoisotopic (exact) mass is 426 g/mol. The number of ether oxygens (including phenoxy) is 1. The molecule has 1 fully saturated rings. The molecule has 156 valence electrons. The molecule has 30 heavy (non-hydrogen) atoms. The molecular weight excluding hydrogens is 404 g/mol. The molecule has 0 bridgehead atoms. The van der Waals surface area contributed by atoms with Crippen molar-refractivity contribution in [1.82, 2.24) is 20.1 Å². The topological polar surface area (TPSA) is 108 Å². The molecule has 1 saturated heterocycles. The van der Waals surface area contributed by atoms with Crippen molar-refractivity contribution >= 4 is 17.0 Å². The van der Waals surface area contributed by atoms with Crippen molar-refractivity contribution in [3.63, 3.8) is 0 Å². The summed E-state index contributed by atoms with van der Waals surface area (Å²) in [6.07, 6.45) is 5.23. The SMILES string of the molecule is O=C(c1cccc(S(=O)O)c1)N1CCC[C@@H](COc2ccc(-c3ccn[nH]3)nc2)C1. The van der Waals surface area contributed by atoms with Crippen LogP contribution >= 0.6 is 0 Å². The van der Waals surface area contributed by atoms with Gasteiger partial charge in [0.05, 0.1) is 29.1 Å². The van der Waals surface area contributed by atoms with E-state index in [1.54, 1.807) is 29.4 Å². The molecule has 0 spiro atoms. The molecule has 1 aliphatic rings. The number of aromatic amines is 1. The lowest BCUT2D eigenvalue weighted by atomic mass is 9.98. The quantitative estimate of drug-likeness (QED) is 0.587. The second-order valence-electron chi connectivity index (χ2n) is 7.20. The predicted molar refractivity (Wildman–Crippen MR) is 111 cm³/mol. The fourth-order valence-electron chi connectivity index (χ4n) is 3.54. The molecule has 1 aromatic carbocycles. The first kappa shape index (κ1) is 20.2. The zero-order chi connectivity index (χ0) is 20.9. The van der Waals surface area contributed by atoms with Gasteiger partial charge in [0, 0.05) is 30.8 Å². The van der Waals surface area contributed by atoms with Crippen molar-refractivity contribution in [1.29, 1.82) is 0 Å². The lowest BCUT2D eigenvalue weighted by molar-refractivity contribution is 0.0633. The van der Waals surface area contributed by atoms with Crippen molar-refractivity contribution in [3.05, 3.63) is 60.4 Å². The summed E-state index contributed by atoms with van der Waals surface area (Å²) in [4.78, 5) is 19.2. The predicted octanol–water partition coefficient (Wildman–Crippen LogP) is 2.98. The second kappa shape index (κ2) is 9.19. The zero-order valence-electron chi connectivity index (χ0n) is 16.2. The highest BCUT2D eigenvalue weighted by molar-refractivity contribution is 7.79. The Labute approximate surface area is 176 Å². The molecule has 3 aromatic rings. The maximum atomic E-state index is 12.8. The van der Waals surface area contributed by atoms with Crippen molar-refractivity contribution < 1.29 is 18.3 Å². The van der Waals surface area contributed by atoms with Crippen LogP contribution in [0.25, 0.3) is 11.4 Å². The van der Waals surface area contributed by atoms with Crippen LogP contribution in [0.1, 0.15) is 23.2 Å². The van der Waals surface area contributed by atoms with Gasteiger partial charge < -0.3 is 14.2 Å². The van der Waals surface area contributed by atoms with Gasteiger partial charge in [0.15, 0.2) is 11.1 Å². The molecule has 1 unspecified atom stereocenters. The standard InChI is InChI=1S/C21H22N4O4S/c26-21(16-4-1-5-18(11-16)30(27)28)25-10-2-3-15(13-25)14-29-17-6-7-19(22-12-17)20-8-9-23-24-20/h1,4-9,11-12,15H,2-3,10,13-14H2,(H,23,24)(H,27,28)/t15-/m1/s1. The molecule has 1 amide bonds. The van der Waals surface area contributed by atoms with Gasteiger partial charge in [0.1, 0.15) is 5.75 Å². The highest BCUT2D eigenvalue weighted by Crippen LogP contribution is 2.22. The number of likely N-dealkylation sites (tertiary alicyclic amines) is 1. The van der Waals surface area contributed by atoms with Gasteiger partial charge >= 0.3 is 0 Å². The largest absolute Gasteiger partial charge is 0.492 e. The first-order chi connectivity index (χ1) is 14.6. The number of H-pyrrole nitrogens is 1. The van der Waals surface area contributed by atoms with Gasteiger partial charge in [-0.3, -0.25) is 14.9 Å². The van der Waals surface area contributed by atoms with Gasteiger partial charge in [-0.15, -0.1) is 0 Å². The summed E-state index contributed by atoms with van der Waals surface area (Å²) in [6.45, 7) is 1.75. The average Bonchev–Trinajstić information content (AvgIpc) is 3.33. The summed E-state index contributed by atoms with van der Waals surface area (Å²) >= 11 is -2.11. The maximum Gasteiger partial charge on any atom is 0.253 e. The second-order valence-corrected chi connectivity index (χ2v) is 8.17. The van der Waals surface area contributed by atoms with Crippen LogP contribution in [0.3, 0.4) is 0 Å². The molecule has 2 atom stereocenters. The number of carbonyl (C=O) groups excluding carboxylic acids is 1. The summed E-state index contributed by atoms with van der Waals surface area (Å²) in [5.74, 6) is 0.766. The zero-order valence-corrected chi connectivity index (χ0v) is 17.0. The fraction of sp³-hybridized carbons (Fsp3) is 0.286. The van der Waals surface area contributed by atoms with Gasteiger partial charge in [0.25, 0.3) is 5.91 Å². The lowest BCUT2D eigenvalue weighted by Crippen LogP contribution is -2.41. The summed E-state index contributed by atoms with van der Waals surface area (Å²) in [5.41, 5.74) is 2.06. The summed E-state index contributed by atoms with van der Waals surface area (Å²) < 4.78 is 26.4. The highest BCUT2D eigenvalue weighted by atomic mass is 32.2. The Balaban J connectivity index is 1.34. The van der Waals surface area contributed by atoms with E-state index in [1.807, 2.05) is 18.2 Å². The smallest absolute Gasteiger partial charge is 0.253 e. The summed E-state index contributed by atoms with van der Waals surface area (Å²) in [6, 6.07) is 11.9. The lowest BCUT2D eigenvalue weighted by Gasteiger charge is -2.32. The Morgan fingerprint density at radius 1 is 1.30 bits per heavy atom. The third kappa shape index (κ3) is 4.74. The minimum absolute atomic E-state index is 0.127. The van der Waals surface area contributed by atoms with Crippen LogP contribution in [-0.2, 0) is 11.1 Å². The number of nitrogens with zero attached hydrogens (tertiary/aromatic N) is 3. The molecular formula is C21H22N4O4S. The van der Waals surface area contributed by atoms with E-state index >= 15 is 0 Å². The van der Waals surface area contributed by atoms with Crippen molar-refractivity contribution in [2.75, 3.05) is 19.7 Å². The first-order valence-electron chi connectivity index (χ1n) is 9.69. The Hall–Kier alpha value is -3.04. The number of piperidine rings is 1. The normalized spacial score (nSPS) is 17.5. The van der Waals surface area contributed by atoms with E-state index in [9.17, 15) is 13.6 Å². The molecule has 0 aliphatic carbocycles. The van der Waals surface area contributed by atoms with Crippen LogP contribution in [0, 0.1) is 5.92 Å². The first-order valence-corrected chi connectivity index (χ1v) is 10.8. The molecule has 2 N–H and O–H groups in total. The van der Waals surface area contributed by atoms with Crippen molar-refractivity contribution in [2.24, 2.45) is 5.92 Å².